The lowest BCUT2D eigenvalue weighted by molar-refractivity contribution is -0.133. The van der Waals surface area contributed by atoms with Crippen LogP contribution in [0.15, 0.2) is 23.1 Å². The van der Waals surface area contributed by atoms with E-state index in [9.17, 15) is 9.59 Å². The van der Waals surface area contributed by atoms with Crippen molar-refractivity contribution in [2.75, 3.05) is 12.3 Å². The smallest absolute Gasteiger partial charge is 0.313 e. The lowest BCUT2D eigenvalue weighted by Gasteiger charge is -2.12. The van der Waals surface area contributed by atoms with E-state index in [0.29, 0.717) is 12.1 Å². The molecule has 2 aromatic rings. The topological polar surface area (TPSA) is 79.3 Å². The Bertz CT molecular complexity index is 820. The van der Waals surface area contributed by atoms with Crippen LogP contribution in [0.2, 0.25) is 0 Å². The second kappa shape index (κ2) is 7.87. The molecular weight excluding hydrogens is 336 g/mol. The summed E-state index contributed by atoms with van der Waals surface area (Å²) in [6.45, 7) is 2.76. The van der Waals surface area contributed by atoms with Gasteiger partial charge in [-0.3, -0.25) is 14.6 Å². The maximum Gasteiger partial charge on any atom is 0.313 e. The fraction of sp³-hybridized carbons (Fsp3) is 0.421. The van der Waals surface area contributed by atoms with Gasteiger partial charge in [0.25, 0.3) is 5.91 Å². The number of pyridine rings is 1. The molecule has 0 spiro atoms. The number of fused-ring (bicyclic) bond motifs is 2. The standard InChI is InChI=1S/C19H22N2O3S/c1-2-3-9-20-19(24)12-7-8-14-16(10-12)21-15-6-4-5-13(15)18(14)25-11-17(22)23/h7-8,10H,2-6,9,11H2,1H3,(H,20,24)(H,22,23). The normalized spacial score (nSPS) is 13.0. The van der Waals surface area contributed by atoms with Gasteiger partial charge in [0.15, 0.2) is 0 Å². The summed E-state index contributed by atoms with van der Waals surface area (Å²) in [5.41, 5.74) is 3.60. The van der Waals surface area contributed by atoms with E-state index in [-0.39, 0.29) is 11.7 Å². The van der Waals surface area contributed by atoms with E-state index in [2.05, 4.69) is 12.2 Å². The van der Waals surface area contributed by atoms with E-state index >= 15 is 0 Å². The molecule has 1 heterocycles. The van der Waals surface area contributed by atoms with E-state index in [1.165, 1.54) is 17.3 Å². The summed E-state index contributed by atoms with van der Waals surface area (Å²) in [7, 11) is 0. The maximum absolute atomic E-state index is 12.3. The third-order valence-corrected chi connectivity index (χ3v) is 5.52. The fourth-order valence-electron chi connectivity index (χ4n) is 3.14. The Kier molecular flexibility index (Phi) is 5.58. The number of aromatic nitrogens is 1. The SMILES string of the molecule is CCCCNC(=O)c1ccc2c(SCC(=O)O)c3c(nc2c1)CCC3. The average Bonchev–Trinajstić information content (AvgIpc) is 3.06. The molecule has 0 fully saturated rings. The van der Waals surface area contributed by atoms with E-state index in [1.54, 1.807) is 6.07 Å². The summed E-state index contributed by atoms with van der Waals surface area (Å²) in [4.78, 5) is 29.0. The molecule has 0 aliphatic heterocycles. The molecule has 1 aliphatic rings. The zero-order valence-corrected chi connectivity index (χ0v) is 15.1. The van der Waals surface area contributed by atoms with Gasteiger partial charge in [-0.2, -0.15) is 0 Å². The molecule has 25 heavy (non-hydrogen) atoms. The van der Waals surface area contributed by atoms with Crippen molar-refractivity contribution < 1.29 is 14.7 Å². The van der Waals surface area contributed by atoms with Crippen molar-refractivity contribution in [1.29, 1.82) is 0 Å². The Balaban J connectivity index is 1.95. The van der Waals surface area contributed by atoms with Crippen LogP contribution in [0, 0.1) is 0 Å². The molecule has 6 heteroatoms. The van der Waals surface area contributed by atoms with Crippen LogP contribution in [-0.2, 0) is 17.6 Å². The molecule has 132 valence electrons. The van der Waals surface area contributed by atoms with Crippen LogP contribution in [-0.4, -0.2) is 34.3 Å². The van der Waals surface area contributed by atoms with Crippen LogP contribution < -0.4 is 5.32 Å². The van der Waals surface area contributed by atoms with Crippen LogP contribution in [0.1, 0.15) is 47.8 Å². The molecule has 0 saturated carbocycles. The lowest BCUT2D eigenvalue weighted by atomic mass is 10.1. The highest BCUT2D eigenvalue weighted by Crippen LogP contribution is 2.36. The minimum atomic E-state index is -0.825. The number of unbranched alkanes of at least 4 members (excludes halogenated alkanes) is 1. The first-order valence-corrected chi connectivity index (χ1v) is 9.67. The van der Waals surface area contributed by atoms with E-state index < -0.39 is 5.97 Å². The molecule has 0 atom stereocenters. The van der Waals surface area contributed by atoms with Crippen molar-refractivity contribution in [3.05, 3.63) is 35.0 Å². The number of carbonyl (C=O) groups is 2. The second-order valence-electron chi connectivity index (χ2n) is 6.24. The second-order valence-corrected chi connectivity index (χ2v) is 7.23. The molecule has 1 aromatic heterocycles. The number of nitrogens with zero attached hydrogens (tertiary/aromatic N) is 1. The molecular formula is C19H22N2O3S. The number of carboxylic acid groups (broad SMARTS) is 1. The van der Waals surface area contributed by atoms with Crippen LogP contribution in [0.3, 0.4) is 0 Å². The number of rotatable bonds is 7. The number of nitrogens with one attached hydrogen (secondary N) is 1. The van der Waals surface area contributed by atoms with Gasteiger partial charge in [0.1, 0.15) is 0 Å². The number of benzene rings is 1. The van der Waals surface area contributed by atoms with E-state index in [0.717, 1.165) is 53.6 Å². The third kappa shape index (κ3) is 3.95. The molecule has 0 radical (unpaired) electrons. The van der Waals surface area contributed by atoms with Crippen LogP contribution in [0.5, 0.6) is 0 Å². The lowest BCUT2D eigenvalue weighted by Crippen LogP contribution is -2.24. The van der Waals surface area contributed by atoms with Crippen LogP contribution >= 0.6 is 11.8 Å². The number of thioether (sulfide) groups is 1. The molecule has 2 N–H and O–H groups in total. The Labute approximate surface area is 151 Å². The highest BCUT2D eigenvalue weighted by atomic mass is 32.2. The van der Waals surface area contributed by atoms with Crippen LogP contribution in [0.25, 0.3) is 10.9 Å². The number of aryl methyl sites for hydroxylation is 1. The minimum absolute atomic E-state index is 0.0325. The van der Waals surface area contributed by atoms with Gasteiger partial charge >= 0.3 is 5.97 Å². The summed E-state index contributed by atoms with van der Waals surface area (Å²) in [5, 5.41) is 12.9. The number of aliphatic carboxylic acids is 1. The predicted octanol–water partition coefficient (Wildman–Crippen LogP) is 3.43. The third-order valence-electron chi connectivity index (χ3n) is 4.38. The van der Waals surface area contributed by atoms with Gasteiger partial charge in [-0.25, -0.2) is 0 Å². The average molecular weight is 358 g/mol. The summed E-state index contributed by atoms with van der Waals surface area (Å²) in [5.74, 6) is -0.879. The number of carboxylic acids is 1. The van der Waals surface area contributed by atoms with Gasteiger partial charge in [0, 0.05) is 28.1 Å². The Morgan fingerprint density at radius 1 is 1.32 bits per heavy atom. The quantitative estimate of drug-likeness (QED) is 0.585. The molecule has 1 aromatic carbocycles. The molecule has 3 rings (SSSR count). The molecule has 5 nitrogen and oxygen atoms in total. The van der Waals surface area contributed by atoms with Gasteiger partial charge in [-0.05, 0) is 43.4 Å². The number of hydrogen-bond acceptors (Lipinski definition) is 4. The summed E-state index contributed by atoms with van der Waals surface area (Å²) in [6.07, 6.45) is 4.90. The largest absolute Gasteiger partial charge is 0.481 e. The van der Waals surface area contributed by atoms with Gasteiger partial charge in [0.2, 0.25) is 0 Å². The van der Waals surface area contributed by atoms with Crippen molar-refractivity contribution in [2.45, 2.75) is 43.9 Å². The molecule has 0 bridgehead atoms. The highest BCUT2D eigenvalue weighted by Gasteiger charge is 2.21. The van der Waals surface area contributed by atoms with Gasteiger partial charge < -0.3 is 10.4 Å². The summed E-state index contributed by atoms with van der Waals surface area (Å²) in [6, 6.07) is 5.53. The van der Waals surface area contributed by atoms with Crippen molar-refractivity contribution in [2.24, 2.45) is 0 Å². The first kappa shape index (κ1) is 17.7. The van der Waals surface area contributed by atoms with Gasteiger partial charge in [0.05, 0.1) is 11.3 Å². The van der Waals surface area contributed by atoms with Crippen LogP contribution in [0.4, 0.5) is 0 Å². The molecule has 0 saturated heterocycles. The van der Waals surface area contributed by atoms with E-state index in [1.807, 2.05) is 12.1 Å². The monoisotopic (exact) mass is 358 g/mol. The minimum Gasteiger partial charge on any atom is -0.481 e. The zero-order valence-electron chi connectivity index (χ0n) is 14.3. The first-order valence-electron chi connectivity index (χ1n) is 8.68. The summed E-state index contributed by atoms with van der Waals surface area (Å²) < 4.78 is 0. The number of carbonyl (C=O) groups excluding carboxylic acids is 1. The maximum atomic E-state index is 12.3. The van der Waals surface area contributed by atoms with Gasteiger partial charge in [-0.1, -0.05) is 19.4 Å². The van der Waals surface area contributed by atoms with Gasteiger partial charge in [-0.15, -0.1) is 11.8 Å². The Morgan fingerprint density at radius 2 is 2.16 bits per heavy atom. The number of amides is 1. The molecule has 1 aliphatic carbocycles. The zero-order chi connectivity index (χ0) is 17.8. The Hall–Kier alpha value is -2.08. The highest BCUT2D eigenvalue weighted by molar-refractivity contribution is 8.00. The summed E-state index contributed by atoms with van der Waals surface area (Å²) >= 11 is 1.35. The molecule has 1 amide bonds. The van der Waals surface area contributed by atoms with Crippen molar-refractivity contribution in [3.8, 4) is 0 Å². The fourth-order valence-corrected chi connectivity index (χ4v) is 4.13. The van der Waals surface area contributed by atoms with Crippen molar-refractivity contribution in [3.63, 3.8) is 0 Å². The van der Waals surface area contributed by atoms with Crippen molar-refractivity contribution in [1.82, 2.24) is 10.3 Å². The van der Waals surface area contributed by atoms with Crippen molar-refractivity contribution >= 4 is 34.5 Å². The predicted molar refractivity (Wildman–Crippen MR) is 99.4 cm³/mol. The number of hydrogen-bond donors (Lipinski definition) is 2. The molecule has 0 unspecified atom stereocenters. The first-order chi connectivity index (χ1) is 12.1. The Morgan fingerprint density at radius 3 is 2.92 bits per heavy atom. The van der Waals surface area contributed by atoms with E-state index in [4.69, 9.17) is 10.1 Å².